The fraction of sp³-hybridized carbons (Fsp3) is 0.259. The highest BCUT2D eigenvalue weighted by molar-refractivity contribution is 7.92. The fourth-order valence-electron chi connectivity index (χ4n) is 3.44. The van der Waals surface area contributed by atoms with Gasteiger partial charge in [0.05, 0.1) is 17.2 Å². The summed E-state index contributed by atoms with van der Waals surface area (Å²) in [6, 6.07) is 24.8. The lowest BCUT2D eigenvalue weighted by Crippen LogP contribution is -2.26. The largest absolute Gasteiger partial charge is 0.466 e. The Balaban J connectivity index is 1.38. The summed E-state index contributed by atoms with van der Waals surface area (Å²) in [5.74, 6) is -0.568. The highest BCUT2D eigenvalue weighted by atomic mass is 32.2. The van der Waals surface area contributed by atoms with Crippen LogP contribution in [0.1, 0.15) is 31.2 Å². The maximum Gasteiger partial charge on any atom is 0.305 e. The number of esters is 1. The number of aryl methyl sites for hydroxylation is 1. The van der Waals surface area contributed by atoms with E-state index in [0.717, 1.165) is 12.8 Å². The van der Waals surface area contributed by atoms with Gasteiger partial charge in [0, 0.05) is 25.6 Å². The molecule has 7 nitrogen and oxygen atoms in total. The summed E-state index contributed by atoms with van der Waals surface area (Å²) in [5.41, 5.74) is 2.24. The molecule has 0 aromatic heterocycles. The number of anilines is 2. The number of carbonyl (C=O) groups is 2. The normalized spacial score (nSPS) is 11.0. The van der Waals surface area contributed by atoms with Crippen molar-refractivity contribution in [3.8, 4) is 0 Å². The van der Waals surface area contributed by atoms with Crippen LogP contribution in [-0.2, 0) is 30.8 Å². The summed E-state index contributed by atoms with van der Waals surface area (Å²) in [6.45, 7) is 0.356. The quantitative estimate of drug-likeness (QED) is 0.289. The van der Waals surface area contributed by atoms with Crippen LogP contribution in [0.25, 0.3) is 0 Å². The Kier molecular flexibility index (Phi) is 9.43. The number of carbonyl (C=O) groups excluding carboxylic acids is 2. The number of benzene rings is 3. The van der Waals surface area contributed by atoms with Crippen molar-refractivity contribution in [1.29, 1.82) is 0 Å². The second kappa shape index (κ2) is 12.7. The number of ether oxygens (including phenoxy) is 1. The van der Waals surface area contributed by atoms with Crippen LogP contribution >= 0.6 is 0 Å². The van der Waals surface area contributed by atoms with Gasteiger partial charge in [0.2, 0.25) is 5.91 Å². The molecule has 0 saturated carbocycles. The fourth-order valence-corrected chi connectivity index (χ4v) is 4.64. The van der Waals surface area contributed by atoms with Crippen molar-refractivity contribution >= 4 is 33.3 Å². The van der Waals surface area contributed by atoms with Crippen LogP contribution in [0.2, 0.25) is 0 Å². The Bertz CT molecular complexity index is 1200. The summed E-state index contributed by atoms with van der Waals surface area (Å²) < 4.78 is 32.1. The van der Waals surface area contributed by atoms with Crippen LogP contribution in [-0.4, -0.2) is 33.9 Å². The number of hydrogen-bond donors (Lipinski definition) is 1. The number of para-hydroxylation sites is 1. The Morgan fingerprint density at radius 1 is 0.829 bits per heavy atom. The van der Waals surface area contributed by atoms with Crippen LogP contribution in [0.3, 0.4) is 0 Å². The third-order valence-electron chi connectivity index (χ3n) is 5.42. The maximum atomic E-state index is 12.8. The van der Waals surface area contributed by atoms with Crippen LogP contribution in [0.15, 0.2) is 89.8 Å². The molecule has 3 aromatic carbocycles. The van der Waals surface area contributed by atoms with Gasteiger partial charge in [-0.25, -0.2) is 8.42 Å². The van der Waals surface area contributed by atoms with Gasteiger partial charge < -0.3 is 10.1 Å². The summed E-state index contributed by atoms with van der Waals surface area (Å²) in [4.78, 5) is 24.2. The smallest absolute Gasteiger partial charge is 0.305 e. The molecule has 0 fully saturated rings. The minimum atomic E-state index is -3.72. The minimum Gasteiger partial charge on any atom is -0.466 e. The van der Waals surface area contributed by atoms with E-state index in [4.69, 9.17) is 4.74 Å². The molecule has 3 rings (SSSR count). The monoisotopic (exact) mass is 494 g/mol. The zero-order chi connectivity index (χ0) is 25.1. The molecule has 0 aliphatic carbocycles. The molecule has 35 heavy (non-hydrogen) atoms. The number of sulfonamides is 1. The molecule has 8 heteroatoms. The highest BCUT2D eigenvalue weighted by Crippen LogP contribution is 2.23. The van der Waals surface area contributed by atoms with E-state index in [0.29, 0.717) is 24.4 Å². The molecule has 184 valence electrons. The zero-order valence-corrected chi connectivity index (χ0v) is 20.5. The van der Waals surface area contributed by atoms with E-state index in [9.17, 15) is 18.0 Å². The molecule has 0 saturated heterocycles. The van der Waals surface area contributed by atoms with Crippen LogP contribution in [0.4, 0.5) is 11.4 Å². The van der Waals surface area contributed by atoms with E-state index in [-0.39, 0.29) is 29.6 Å². The van der Waals surface area contributed by atoms with Crippen molar-refractivity contribution in [2.45, 2.75) is 37.0 Å². The van der Waals surface area contributed by atoms with Crippen LogP contribution in [0, 0.1) is 0 Å². The van der Waals surface area contributed by atoms with Gasteiger partial charge in [-0.15, -0.1) is 0 Å². The van der Waals surface area contributed by atoms with Gasteiger partial charge in [-0.3, -0.25) is 13.9 Å². The van der Waals surface area contributed by atoms with Gasteiger partial charge >= 0.3 is 5.97 Å². The van der Waals surface area contributed by atoms with Crippen molar-refractivity contribution < 1.29 is 22.7 Å². The molecule has 0 heterocycles. The molecule has 3 aromatic rings. The van der Waals surface area contributed by atoms with Crippen molar-refractivity contribution in [2.24, 2.45) is 0 Å². The Hall–Kier alpha value is -3.65. The van der Waals surface area contributed by atoms with Crippen LogP contribution < -0.4 is 9.62 Å². The molecule has 1 amide bonds. The van der Waals surface area contributed by atoms with Crippen molar-refractivity contribution in [3.63, 3.8) is 0 Å². The van der Waals surface area contributed by atoms with E-state index >= 15 is 0 Å². The average Bonchev–Trinajstić information content (AvgIpc) is 2.87. The SMILES string of the molecule is CN(c1ccccc1)S(=O)(=O)c1ccc(NC(=O)CCCC(=O)OCCCc2ccccc2)cc1. The Morgan fingerprint density at radius 3 is 2.11 bits per heavy atom. The third kappa shape index (κ3) is 7.96. The average molecular weight is 495 g/mol. The van der Waals surface area contributed by atoms with E-state index in [1.807, 2.05) is 36.4 Å². The molecule has 0 radical (unpaired) electrons. The van der Waals surface area contributed by atoms with Gasteiger partial charge in [-0.1, -0.05) is 48.5 Å². The minimum absolute atomic E-state index is 0.122. The van der Waals surface area contributed by atoms with Gasteiger partial charge in [-0.05, 0) is 61.2 Å². The molecule has 0 bridgehead atoms. The standard InChI is InChI=1S/C27H30N2O5S/c1-29(24-13-6-3-7-14-24)35(32,33)25-19-17-23(18-20-25)28-26(30)15-8-16-27(31)34-21-9-12-22-10-4-2-5-11-22/h2-7,10-11,13-14,17-20H,8-9,12,15-16,21H2,1H3,(H,28,30). The first-order chi connectivity index (χ1) is 16.9. The van der Waals surface area contributed by atoms with Gasteiger partial charge in [0.25, 0.3) is 10.0 Å². The first kappa shape index (κ1) is 26.0. The third-order valence-corrected chi connectivity index (χ3v) is 7.22. The Labute approximate surface area is 206 Å². The summed E-state index contributed by atoms with van der Waals surface area (Å²) >= 11 is 0. The Morgan fingerprint density at radius 2 is 1.46 bits per heavy atom. The lowest BCUT2D eigenvalue weighted by atomic mass is 10.1. The van der Waals surface area contributed by atoms with Crippen LogP contribution in [0.5, 0.6) is 0 Å². The predicted molar refractivity (Wildman–Crippen MR) is 137 cm³/mol. The number of nitrogens with one attached hydrogen (secondary N) is 1. The van der Waals surface area contributed by atoms with Gasteiger partial charge in [-0.2, -0.15) is 0 Å². The lowest BCUT2D eigenvalue weighted by Gasteiger charge is -2.19. The molecule has 0 aliphatic heterocycles. The van der Waals surface area contributed by atoms with Gasteiger partial charge in [0.1, 0.15) is 0 Å². The van der Waals surface area contributed by atoms with Crippen molar-refractivity contribution in [1.82, 2.24) is 0 Å². The number of rotatable bonds is 12. The number of hydrogen-bond acceptors (Lipinski definition) is 5. The second-order valence-corrected chi connectivity index (χ2v) is 10.0. The topological polar surface area (TPSA) is 92.8 Å². The summed E-state index contributed by atoms with van der Waals surface area (Å²) in [5, 5.41) is 2.73. The molecule has 0 atom stereocenters. The van der Waals surface area contributed by atoms with Crippen molar-refractivity contribution in [3.05, 3.63) is 90.5 Å². The molecular weight excluding hydrogens is 464 g/mol. The molecular formula is C27H30N2O5S. The zero-order valence-electron chi connectivity index (χ0n) is 19.7. The highest BCUT2D eigenvalue weighted by Gasteiger charge is 2.21. The second-order valence-electron chi connectivity index (χ2n) is 8.04. The van der Waals surface area contributed by atoms with E-state index in [1.165, 1.54) is 29.0 Å². The van der Waals surface area contributed by atoms with E-state index in [1.54, 1.807) is 36.4 Å². The summed E-state index contributed by atoms with van der Waals surface area (Å²) in [6.07, 6.45) is 2.30. The van der Waals surface area contributed by atoms with Gasteiger partial charge in [0.15, 0.2) is 0 Å². The van der Waals surface area contributed by atoms with E-state index in [2.05, 4.69) is 5.32 Å². The van der Waals surface area contributed by atoms with E-state index < -0.39 is 10.0 Å². The van der Waals surface area contributed by atoms with Crippen molar-refractivity contribution in [2.75, 3.05) is 23.3 Å². The lowest BCUT2D eigenvalue weighted by molar-refractivity contribution is -0.143. The summed E-state index contributed by atoms with van der Waals surface area (Å²) in [7, 11) is -2.22. The number of amides is 1. The number of nitrogens with zero attached hydrogens (tertiary/aromatic N) is 1. The molecule has 0 spiro atoms. The first-order valence-electron chi connectivity index (χ1n) is 11.5. The predicted octanol–water partition coefficient (Wildman–Crippen LogP) is 4.80. The molecule has 1 N–H and O–H groups in total. The molecule has 0 aliphatic rings. The molecule has 0 unspecified atom stereocenters. The first-order valence-corrected chi connectivity index (χ1v) is 12.9. The maximum absolute atomic E-state index is 12.8.